The Kier molecular flexibility index (Phi) is 5.44. The maximum atomic E-state index is 12.8. The summed E-state index contributed by atoms with van der Waals surface area (Å²) in [6, 6.07) is 8.28. The Hall–Kier alpha value is -1.57. The highest BCUT2D eigenvalue weighted by molar-refractivity contribution is 5.85. The topological polar surface area (TPSA) is 20.3 Å². The second kappa shape index (κ2) is 7.13. The van der Waals surface area contributed by atoms with Crippen molar-refractivity contribution < 1.29 is 4.79 Å². The molecular weight excluding hydrogens is 270 g/mol. The van der Waals surface area contributed by atoms with Gasteiger partial charge in [-0.3, -0.25) is 4.79 Å². The van der Waals surface area contributed by atoms with Crippen LogP contribution in [0.25, 0.3) is 6.08 Å². The molecule has 0 fully saturated rings. The van der Waals surface area contributed by atoms with E-state index in [1.54, 1.807) is 0 Å². The van der Waals surface area contributed by atoms with Crippen LogP contribution < -0.4 is 0 Å². The minimum Gasteiger partial charge on any atom is -0.311 e. The Labute approximate surface area is 135 Å². The SMILES string of the molecule is CCCCCCC1=Cc2ccccc2CC(=O)N1C(C)(C)C. The van der Waals surface area contributed by atoms with Crippen molar-refractivity contribution in [3.63, 3.8) is 0 Å². The van der Waals surface area contributed by atoms with Crippen molar-refractivity contribution in [3.05, 3.63) is 41.1 Å². The van der Waals surface area contributed by atoms with Gasteiger partial charge in [-0.15, -0.1) is 0 Å². The molecule has 2 heteroatoms. The highest BCUT2D eigenvalue weighted by Crippen LogP contribution is 2.30. The molecule has 0 atom stereocenters. The molecule has 1 amide bonds. The van der Waals surface area contributed by atoms with E-state index >= 15 is 0 Å². The van der Waals surface area contributed by atoms with E-state index in [0.29, 0.717) is 6.42 Å². The lowest BCUT2D eigenvalue weighted by molar-refractivity contribution is -0.132. The van der Waals surface area contributed by atoms with Gasteiger partial charge in [0.15, 0.2) is 0 Å². The van der Waals surface area contributed by atoms with Crippen LogP contribution in [0, 0.1) is 0 Å². The standard InChI is InChI=1S/C20H29NO/c1-5-6-7-8-13-18-14-16-11-9-10-12-17(16)15-19(22)21(18)20(2,3)4/h9-12,14H,5-8,13,15H2,1-4H3. The maximum absolute atomic E-state index is 12.8. The van der Waals surface area contributed by atoms with Crippen LogP contribution in [-0.4, -0.2) is 16.3 Å². The molecule has 0 aromatic heterocycles. The fourth-order valence-corrected chi connectivity index (χ4v) is 3.20. The minimum absolute atomic E-state index is 0.171. The summed E-state index contributed by atoms with van der Waals surface area (Å²) in [5, 5.41) is 0. The van der Waals surface area contributed by atoms with Crippen molar-refractivity contribution in [2.75, 3.05) is 0 Å². The Bertz CT molecular complexity index is 551. The number of benzene rings is 1. The summed E-state index contributed by atoms with van der Waals surface area (Å²) in [6.45, 7) is 8.61. The summed E-state index contributed by atoms with van der Waals surface area (Å²) >= 11 is 0. The molecule has 1 aromatic carbocycles. The van der Waals surface area contributed by atoms with E-state index < -0.39 is 0 Å². The summed E-state index contributed by atoms with van der Waals surface area (Å²) in [7, 11) is 0. The predicted molar refractivity (Wildman–Crippen MR) is 93.5 cm³/mol. The number of carbonyl (C=O) groups excluding carboxylic acids is 1. The number of fused-ring (bicyclic) bond motifs is 1. The third kappa shape index (κ3) is 4.00. The lowest BCUT2D eigenvalue weighted by Crippen LogP contribution is -2.45. The summed E-state index contributed by atoms with van der Waals surface area (Å²) in [4.78, 5) is 14.8. The van der Waals surface area contributed by atoms with Crippen LogP contribution in [0.15, 0.2) is 30.0 Å². The Morgan fingerprint density at radius 3 is 2.50 bits per heavy atom. The van der Waals surface area contributed by atoms with E-state index in [1.807, 2.05) is 11.0 Å². The summed E-state index contributed by atoms with van der Waals surface area (Å²) in [6.07, 6.45) is 8.62. The van der Waals surface area contributed by atoms with E-state index in [2.05, 4.69) is 52.0 Å². The van der Waals surface area contributed by atoms with E-state index in [1.165, 1.54) is 30.5 Å². The smallest absolute Gasteiger partial charge is 0.231 e. The number of amides is 1. The van der Waals surface area contributed by atoms with Gasteiger partial charge in [0, 0.05) is 11.2 Å². The summed E-state index contributed by atoms with van der Waals surface area (Å²) in [5.41, 5.74) is 3.35. The molecule has 0 spiro atoms. The Morgan fingerprint density at radius 1 is 1.09 bits per heavy atom. The van der Waals surface area contributed by atoms with Gasteiger partial charge >= 0.3 is 0 Å². The van der Waals surface area contributed by atoms with Gasteiger partial charge < -0.3 is 4.90 Å². The van der Waals surface area contributed by atoms with E-state index in [0.717, 1.165) is 18.4 Å². The van der Waals surface area contributed by atoms with Gasteiger partial charge in [0.25, 0.3) is 0 Å². The van der Waals surface area contributed by atoms with Gasteiger partial charge in [-0.25, -0.2) is 0 Å². The average molecular weight is 299 g/mol. The molecule has 1 aromatic rings. The highest BCUT2D eigenvalue weighted by Gasteiger charge is 2.31. The first kappa shape index (κ1) is 16.8. The zero-order valence-corrected chi connectivity index (χ0v) is 14.5. The molecule has 0 bridgehead atoms. The largest absolute Gasteiger partial charge is 0.311 e. The van der Waals surface area contributed by atoms with Gasteiger partial charge in [-0.1, -0.05) is 50.5 Å². The number of rotatable bonds is 5. The van der Waals surface area contributed by atoms with Crippen LogP contribution in [-0.2, 0) is 11.2 Å². The van der Waals surface area contributed by atoms with E-state index in [4.69, 9.17) is 0 Å². The van der Waals surface area contributed by atoms with Crippen LogP contribution >= 0.6 is 0 Å². The normalized spacial score (nSPS) is 15.4. The number of hydrogen-bond acceptors (Lipinski definition) is 1. The molecule has 1 aliphatic heterocycles. The number of carbonyl (C=O) groups is 1. The van der Waals surface area contributed by atoms with Gasteiger partial charge in [-0.05, 0) is 50.8 Å². The number of allylic oxidation sites excluding steroid dienone is 1. The molecule has 120 valence electrons. The molecule has 2 nitrogen and oxygen atoms in total. The third-order valence-electron chi connectivity index (χ3n) is 4.21. The number of nitrogens with zero attached hydrogens (tertiary/aromatic N) is 1. The van der Waals surface area contributed by atoms with Crippen molar-refractivity contribution >= 4 is 12.0 Å². The molecule has 0 N–H and O–H groups in total. The van der Waals surface area contributed by atoms with Gasteiger partial charge in [0.1, 0.15) is 0 Å². The quantitative estimate of drug-likeness (QED) is 0.686. The lowest BCUT2D eigenvalue weighted by Gasteiger charge is -2.37. The molecule has 1 heterocycles. The second-order valence-electron chi connectivity index (χ2n) is 7.22. The lowest BCUT2D eigenvalue weighted by atomic mass is 10.0. The molecule has 0 aliphatic carbocycles. The van der Waals surface area contributed by atoms with Crippen LogP contribution in [0.2, 0.25) is 0 Å². The monoisotopic (exact) mass is 299 g/mol. The molecule has 0 saturated carbocycles. The van der Waals surface area contributed by atoms with Crippen LogP contribution in [0.5, 0.6) is 0 Å². The van der Waals surface area contributed by atoms with Crippen LogP contribution in [0.1, 0.15) is 70.9 Å². The Morgan fingerprint density at radius 2 is 1.82 bits per heavy atom. The fourth-order valence-electron chi connectivity index (χ4n) is 3.20. The van der Waals surface area contributed by atoms with Gasteiger partial charge in [0.2, 0.25) is 5.91 Å². The third-order valence-corrected chi connectivity index (χ3v) is 4.21. The van der Waals surface area contributed by atoms with Gasteiger partial charge in [0.05, 0.1) is 6.42 Å². The van der Waals surface area contributed by atoms with Crippen molar-refractivity contribution in [3.8, 4) is 0 Å². The fraction of sp³-hybridized carbons (Fsp3) is 0.550. The zero-order valence-electron chi connectivity index (χ0n) is 14.5. The maximum Gasteiger partial charge on any atom is 0.231 e. The molecular formula is C20H29NO. The predicted octanol–water partition coefficient (Wildman–Crippen LogP) is 5.18. The highest BCUT2D eigenvalue weighted by atomic mass is 16.2. The first-order chi connectivity index (χ1) is 10.4. The van der Waals surface area contributed by atoms with Crippen LogP contribution in [0.4, 0.5) is 0 Å². The van der Waals surface area contributed by atoms with Crippen molar-refractivity contribution in [2.45, 2.75) is 71.8 Å². The average Bonchev–Trinajstić information content (AvgIpc) is 2.58. The second-order valence-corrected chi connectivity index (χ2v) is 7.22. The van der Waals surface area contributed by atoms with Crippen molar-refractivity contribution in [1.82, 2.24) is 4.90 Å². The molecule has 2 rings (SSSR count). The number of hydrogen-bond donors (Lipinski definition) is 0. The molecule has 0 radical (unpaired) electrons. The minimum atomic E-state index is -0.171. The van der Waals surface area contributed by atoms with Gasteiger partial charge in [-0.2, -0.15) is 0 Å². The molecule has 0 unspecified atom stereocenters. The van der Waals surface area contributed by atoms with E-state index in [9.17, 15) is 4.79 Å². The molecule has 22 heavy (non-hydrogen) atoms. The van der Waals surface area contributed by atoms with Crippen molar-refractivity contribution in [1.29, 1.82) is 0 Å². The van der Waals surface area contributed by atoms with E-state index in [-0.39, 0.29) is 11.4 Å². The first-order valence-corrected chi connectivity index (χ1v) is 8.55. The summed E-state index contributed by atoms with van der Waals surface area (Å²) in [5.74, 6) is 0.221. The first-order valence-electron chi connectivity index (χ1n) is 8.55. The summed E-state index contributed by atoms with van der Waals surface area (Å²) < 4.78 is 0. The molecule has 0 saturated heterocycles. The number of unbranched alkanes of at least 4 members (excludes halogenated alkanes) is 3. The molecule has 1 aliphatic rings. The van der Waals surface area contributed by atoms with Crippen LogP contribution in [0.3, 0.4) is 0 Å². The zero-order chi connectivity index (χ0) is 16.2. The van der Waals surface area contributed by atoms with Crippen molar-refractivity contribution in [2.24, 2.45) is 0 Å². The Balaban J connectivity index is 2.31.